The molecule has 0 amide bonds. The minimum absolute atomic E-state index is 0. The molecule has 8 heavy (non-hydrogen) atoms. The molecule has 0 aromatic carbocycles. The molecule has 0 aromatic rings. The minimum Gasteiger partial charge on any atom is -1.00 e. The third-order valence-corrected chi connectivity index (χ3v) is 0. The Bertz CT molecular complexity index is 66.7. The maximum atomic E-state index is 8.88. The van der Waals surface area contributed by atoms with Gasteiger partial charge in [0.05, 0.1) is 0 Å². The third-order valence-electron chi connectivity index (χ3n) is 0. The van der Waals surface area contributed by atoms with Crippen molar-refractivity contribution in [2.45, 2.75) is 0 Å². The van der Waals surface area contributed by atoms with Crippen molar-refractivity contribution in [2.75, 3.05) is 0 Å². The average molecular weight is 220 g/mol. The summed E-state index contributed by atoms with van der Waals surface area (Å²) in [6.07, 6.45) is 0. The first-order valence-corrected chi connectivity index (χ1v) is 2.35. The van der Waals surface area contributed by atoms with Gasteiger partial charge in [-0.1, -0.05) is 0 Å². The molecule has 50 valence electrons. The zero-order chi connectivity index (χ0) is 4.50. The molecule has 0 fully saturated rings. The van der Waals surface area contributed by atoms with Crippen LogP contribution >= 0.6 is 7.82 Å². The second-order valence-electron chi connectivity index (χ2n) is 0.513. The summed E-state index contributed by atoms with van der Waals surface area (Å²) in [5.41, 5.74) is 0. The molecule has 2 radical (unpaired) electrons. The predicted molar refractivity (Wildman–Crippen MR) is 15.4 cm³/mol. The van der Waals surface area contributed by atoms with Gasteiger partial charge < -0.3 is 16.1 Å². The number of rotatable bonds is 0. The van der Waals surface area contributed by atoms with Gasteiger partial charge in [-0.25, -0.2) is 4.57 Å². The summed E-state index contributed by atoms with van der Waals surface area (Å²) in [6.45, 7) is 0. The van der Waals surface area contributed by atoms with Crippen molar-refractivity contribution in [3.05, 3.63) is 0 Å². The van der Waals surface area contributed by atoms with Crippen LogP contribution in [0.2, 0.25) is 0 Å². The average Bonchev–Trinajstić information content (AvgIpc) is 0.722. The van der Waals surface area contributed by atoms with Gasteiger partial charge in [-0.15, -0.1) is 0 Å². The van der Waals surface area contributed by atoms with E-state index in [1.807, 2.05) is 0 Å². The first-order chi connectivity index (χ1) is 2.00. The van der Waals surface area contributed by atoms with Crippen LogP contribution in [0.25, 0.3) is 0 Å². The first-order valence-electron chi connectivity index (χ1n) is 0.783. The van der Waals surface area contributed by atoms with Crippen LogP contribution in [0.4, 0.5) is 0 Å². The molecular weight excluding hydrogens is 216 g/mol. The van der Waals surface area contributed by atoms with Crippen LogP contribution in [0.1, 0.15) is 1.43 Å². The molecular formula is H4CoLiMnO4P. The molecule has 0 rings (SSSR count). The Morgan fingerprint density at radius 1 is 1.25 bits per heavy atom. The van der Waals surface area contributed by atoms with Gasteiger partial charge in [0.2, 0.25) is 0 Å². The van der Waals surface area contributed by atoms with Gasteiger partial charge in [0.1, 0.15) is 0 Å². The molecule has 0 aliphatic rings. The predicted octanol–water partition coefficient (Wildman–Crippen LogP) is -3.82. The van der Waals surface area contributed by atoms with E-state index in [4.69, 9.17) is 19.2 Å². The van der Waals surface area contributed by atoms with Crippen LogP contribution in [-0.2, 0) is 38.4 Å². The van der Waals surface area contributed by atoms with E-state index in [-0.39, 0.29) is 54.1 Å². The van der Waals surface area contributed by atoms with E-state index < -0.39 is 7.82 Å². The Morgan fingerprint density at radius 3 is 1.25 bits per heavy atom. The molecule has 0 unspecified atom stereocenters. The largest absolute Gasteiger partial charge is 1.00 e. The Morgan fingerprint density at radius 2 is 1.25 bits per heavy atom. The van der Waals surface area contributed by atoms with Gasteiger partial charge in [0, 0.05) is 33.8 Å². The normalized spacial score (nSPS) is 7.38. The molecule has 0 aliphatic heterocycles. The molecule has 8 heteroatoms. The van der Waals surface area contributed by atoms with Gasteiger partial charge in [0.25, 0.3) is 0 Å². The molecule has 3 N–H and O–H groups in total. The third kappa shape index (κ3) is 117. The van der Waals surface area contributed by atoms with Gasteiger partial charge in [-0.05, 0) is 0 Å². The number of hydrogen-bond donors (Lipinski definition) is 3. The molecule has 0 aliphatic carbocycles. The molecule has 0 atom stereocenters. The van der Waals surface area contributed by atoms with Gasteiger partial charge in [0.15, 0.2) is 0 Å². The van der Waals surface area contributed by atoms with E-state index in [1.165, 1.54) is 0 Å². The summed E-state index contributed by atoms with van der Waals surface area (Å²) in [4.78, 5) is 21.6. The molecule has 0 spiro atoms. The molecule has 4 nitrogen and oxygen atoms in total. The fraction of sp³-hybridized carbons (Fsp3) is 0. The summed E-state index contributed by atoms with van der Waals surface area (Å²) in [5.74, 6) is 0. The van der Waals surface area contributed by atoms with Crippen molar-refractivity contribution in [3.63, 3.8) is 0 Å². The summed E-state index contributed by atoms with van der Waals surface area (Å²) < 4.78 is 8.88. The Labute approximate surface area is 81.0 Å². The second kappa shape index (κ2) is 8.73. The van der Waals surface area contributed by atoms with E-state index in [0.29, 0.717) is 0 Å². The SMILES string of the molecule is O=P(O)(O)O.[Co].[H-].[Li+].[Mn]. The molecule has 0 saturated heterocycles. The smallest absolute Gasteiger partial charge is 1.00 e. The summed E-state index contributed by atoms with van der Waals surface area (Å²) in [6, 6.07) is 0. The summed E-state index contributed by atoms with van der Waals surface area (Å²) in [5, 5.41) is 0. The van der Waals surface area contributed by atoms with Crippen LogP contribution in [0.15, 0.2) is 0 Å². The van der Waals surface area contributed by atoms with E-state index in [2.05, 4.69) is 0 Å². The summed E-state index contributed by atoms with van der Waals surface area (Å²) >= 11 is 0. The van der Waals surface area contributed by atoms with Gasteiger partial charge >= 0.3 is 26.7 Å². The van der Waals surface area contributed by atoms with Crippen molar-refractivity contribution < 1.29 is 73.4 Å². The molecule has 0 heterocycles. The second-order valence-corrected chi connectivity index (χ2v) is 1.54. The van der Waals surface area contributed by atoms with Crippen LogP contribution in [0.3, 0.4) is 0 Å². The number of hydrogen-bond acceptors (Lipinski definition) is 1. The Balaban J connectivity index is -0.0000000133. The topological polar surface area (TPSA) is 77.8 Å². The fourth-order valence-electron chi connectivity index (χ4n) is 0. The fourth-order valence-corrected chi connectivity index (χ4v) is 0. The Kier molecular flexibility index (Phi) is 24.7. The van der Waals surface area contributed by atoms with Crippen LogP contribution < -0.4 is 18.9 Å². The monoisotopic (exact) mass is 220 g/mol. The van der Waals surface area contributed by atoms with E-state index >= 15 is 0 Å². The zero-order valence-electron chi connectivity index (χ0n) is 4.91. The summed E-state index contributed by atoms with van der Waals surface area (Å²) in [7, 11) is -4.64. The van der Waals surface area contributed by atoms with Crippen molar-refractivity contribution in [1.82, 2.24) is 0 Å². The molecule has 0 bridgehead atoms. The van der Waals surface area contributed by atoms with Crippen LogP contribution in [-0.4, -0.2) is 14.7 Å². The van der Waals surface area contributed by atoms with E-state index in [9.17, 15) is 0 Å². The zero-order valence-corrected chi connectivity index (χ0v) is 7.02. The number of phosphoric acid groups is 1. The van der Waals surface area contributed by atoms with Crippen molar-refractivity contribution in [2.24, 2.45) is 0 Å². The maximum Gasteiger partial charge on any atom is 1.00 e. The minimum atomic E-state index is -4.64. The standard InChI is InChI=1S/Co.Li.Mn.H3O4P.H/c;;;1-5(2,3)4;/h;;;(H3,1,2,3,4);/q;+1;;;-1. The van der Waals surface area contributed by atoms with Crippen molar-refractivity contribution in [3.8, 4) is 0 Å². The maximum absolute atomic E-state index is 8.88. The van der Waals surface area contributed by atoms with E-state index in [1.54, 1.807) is 0 Å². The molecule has 0 saturated carbocycles. The van der Waals surface area contributed by atoms with Crippen LogP contribution in [0, 0.1) is 0 Å². The van der Waals surface area contributed by atoms with Crippen molar-refractivity contribution >= 4 is 7.82 Å². The quantitative estimate of drug-likeness (QED) is 0.288. The van der Waals surface area contributed by atoms with Crippen LogP contribution in [0.5, 0.6) is 0 Å². The van der Waals surface area contributed by atoms with Crippen molar-refractivity contribution in [1.29, 1.82) is 0 Å². The van der Waals surface area contributed by atoms with Gasteiger partial charge in [-0.2, -0.15) is 0 Å². The Hall–Kier alpha value is 1.73. The van der Waals surface area contributed by atoms with Gasteiger partial charge in [-0.3, -0.25) is 0 Å². The first kappa shape index (κ1) is 22.6. The van der Waals surface area contributed by atoms with E-state index in [0.717, 1.165) is 0 Å². The molecule has 0 aromatic heterocycles.